The summed E-state index contributed by atoms with van der Waals surface area (Å²) in [6.07, 6.45) is -2.81. The van der Waals surface area contributed by atoms with Gasteiger partial charge in [-0.25, -0.2) is 8.78 Å². The summed E-state index contributed by atoms with van der Waals surface area (Å²) in [6, 6.07) is 2.34. The van der Waals surface area contributed by atoms with Gasteiger partial charge in [0.05, 0.1) is 10.5 Å². The summed E-state index contributed by atoms with van der Waals surface area (Å²) in [5.74, 6) is 0. The van der Waals surface area contributed by atoms with Crippen molar-refractivity contribution in [2.45, 2.75) is 20.3 Å². The molecule has 1 aromatic carbocycles. The number of nitrogens with zero attached hydrogens (tertiary/aromatic N) is 1. The number of alkyl halides is 2. The fourth-order valence-corrected chi connectivity index (χ4v) is 1.16. The van der Waals surface area contributed by atoms with E-state index in [9.17, 15) is 18.9 Å². The second-order valence-corrected chi connectivity index (χ2v) is 3.05. The molecule has 0 amide bonds. The van der Waals surface area contributed by atoms with Crippen molar-refractivity contribution in [3.8, 4) is 0 Å². The molecule has 14 heavy (non-hydrogen) atoms. The summed E-state index contributed by atoms with van der Waals surface area (Å²) in [4.78, 5) is 9.68. The van der Waals surface area contributed by atoms with Crippen LogP contribution in [0.15, 0.2) is 12.1 Å². The zero-order valence-electron chi connectivity index (χ0n) is 7.75. The SMILES string of the molecule is Cc1cc(C(F)F)c([N+](=O)[O-])cc1C. The summed E-state index contributed by atoms with van der Waals surface area (Å²) in [5.41, 5.74) is 0.244. The average Bonchev–Trinajstić information content (AvgIpc) is 2.08. The molecule has 0 aliphatic carbocycles. The Bertz CT molecular complexity index is 377. The monoisotopic (exact) mass is 201 g/mol. The number of halogens is 2. The predicted octanol–water partition coefficient (Wildman–Crippen LogP) is 3.15. The van der Waals surface area contributed by atoms with E-state index in [4.69, 9.17) is 0 Å². The Hall–Kier alpha value is -1.52. The summed E-state index contributed by atoms with van der Waals surface area (Å²) in [6.45, 7) is 3.29. The molecule has 0 saturated carbocycles. The van der Waals surface area contributed by atoms with Crippen LogP contribution in [0.2, 0.25) is 0 Å². The topological polar surface area (TPSA) is 43.1 Å². The van der Waals surface area contributed by atoms with Crippen LogP contribution < -0.4 is 0 Å². The van der Waals surface area contributed by atoms with Crippen LogP contribution in [0.25, 0.3) is 0 Å². The Morgan fingerprint density at radius 3 is 2.21 bits per heavy atom. The molecular formula is C9H9F2NO2. The van der Waals surface area contributed by atoms with Crippen LogP contribution in [0.4, 0.5) is 14.5 Å². The fourth-order valence-electron chi connectivity index (χ4n) is 1.16. The fraction of sp³-hybridized carbons (Fsp3) is 0.333. The van der Waals surface area contributed by atoms with E-state index in [0.29, 0.717) is 11.1 Å². The van der Waals surface area contributed by atoms with Gasteiger partial charge in [-0.3, -0.25) is 10.1 Å². The van der Waals surface area contributed by atoms with Gasteiger partial charge in [0.1, 0.15) is 0 Å². The van der Waals surface area contributed by atoms with Crippen molar-refractivity contribution >= 4 is 5.69 Å². The molecule has 0 aromatic heterocycles. The molecule has 0 radical (unpaired) electrons. The lowest BCUT2D eigenvalue weighted by atomic mass is 10.0. The molecule has 0 saturated heterocycles. The lowest BCUT2D eigenvalue weighted by Crippen LogP contribution is -1.98. The molecule has 0 aliphatic rings. The van der Waals surface area contributed by atoms with Gasteiger partial charge in [-0.05, 0) is 31.0 Å². The number of benzene rings is 1. The molecule has 3 nitrogen and oxygen atoms in total. The largest absolute Gasteiger partial charge is 0.278 e. The summed E-state index contributed by atoms with van der Waals surface area (Å²) in [5, 5.41) is 10.5. The molecule has 0 aliphatic heterocycles. The van der Waals surface area contributed by atoms with Crippen molar-refractivity contribution in [3.63, 3.8) is 0 Å². The molecule has 1 rings (SSSR count). The van der Waals surface area contributed by atoms with Crippen LogP contribution in [0.3, 0.4) is 0 Å². The molecule has 1 aromatic rings. The Morgan fingerprint density at radius 1 is 1.29 bits per heavy atom. The first-order valence-electron chi connectivity index (χ1n) is 3.97. The molecule has 0 unspecified atom stereocenters. The molecule has 0 atom stereocenters. The maximum Gasteiger partial charge on any atom is 0.278 e. The summed E-state index contributed by atoms with van der Waals surface area (Å²) in [7, 11) is 0. The molecule has 0 fully saturated rings. The van der Waals surface area contributed by atoms with E-state index >= 15 is 0 Å². The molecule has 0 bridgehead atoms. The lowest BCUT2D eigenvalue weighted by Gasteiger charge is -2.05. The van der Waals surface area contributed by atoms with Crippen molar-refractivity contribution in [2.24, 2.45) is 0 Å². The third-order valence-corrected chi connectivity index (χ3v) is 2.07. The Labute approximate surface area is 79.5 Å². The smallest absolute Gasteiger partial charge is 0.258 e. The highest BCUT2D eigenvalue weighted by atomic mass is 19.3. The van der Waals surface area contributed by atoms with Gasteiger partial charge < -0.3 is 0 Å². The first kappa shape index (κ1) is 10.6. The van der Waals surface area contributed by atoms with Crippen molar-refractivity contribution in [2.75, 3.05) is 0 Å². The summed E-state index contributed by atoms with van der Waals surface area (Å²) < 4.78 is 24.8. The molecule has 0 heterocycles. The minimum Gasteiger partial charge on any atom is -0.258 e. The number of hydrogen-bond acceptors (Lipinski definition) is 2. The quantitative estimate of drug-likeness (QED) is 0.544. The highest BCUT2D eigenvalue weighted by Crippen LogP contribution is 2.31. The third kappa shape index (κ3) is 1.86. The number of aryl methyl sites for hydroxylation is 2. The second-order valence-electron chi connectivity index (χ2n) is 3.05. The van der Waals surface area contributed by atoms with Crippen molar-refractivity contribution in [1.82, 2.24) is 0 Å². The number of nitro groups is 1. The first-order valence-corrected chi connectivity index (χ1v) is 3.97. The molecule has 0 N–H and O–H groups in total. The zero-order chi connectivity index (χ0) is 10.9. The van der Waals surface area contributed by atoms with Gasteiger partial charge in [-0.15, -0.1) is 0 Å². The van der Waals surface area contributed by atoms with Gasteiger partial charge >= 0.3 is 0 Å². The minimum atomic E-state index is -2.81. The van der Waals surface area contributed by atoms with E-state index in [1.54, 1.807) is 13.8 Å². The highest BCUT2D eigenvalue weighted by Gasteiger charge is 2.22. The first-order chi connectivity index (χ1) is 6.43. The van der Waals surface area contributed by atoms with E-state index in [2.05, 4.69) is 0 Å². The van der Waals surface area contributed by atoms with Crippen molar-refractivity contribution in [3.05, 3.63) is 38.9 Å². The summed E-state index contributed by atoms with van der Waals surface area (Å²) >= 11 is 0. The normalized spacial score (nSPS) is 10.6. The van der Waals surface area contributed by atoms with E-state index < -0.39 is 22.6 Å². The Balaban J connectivity index is 3.39. The molecule has 0 spiro atoms. The second kappa shape index (κ2) is 3.69. The van der Waals surface area contributed by atoms with Crippen LogP contribution in [0, 0.1) is 24.0 Å². The van der Waals surface area contributed by atoms with Crippen LogP contribution in [-0.4, -0.2) is 4.92 Å². The van der Waals surface area contributed by atoms with Gasteiger partial charge in [0.25, 0.3) is 12.1 Å². The van der Waals surface area contributed by atoms with Gasteiger partial charge in [-0.1, -0.05) is 0 Å². The minimum absolute atomic E-state index is 0.511. The Morgan fingerprint density at radius 2 is 1.79 bits per heavy atom. The van der Waals surface area contributed by atoms with E-state index in [0.717, 1.165) is 6.07 Å². The number of rotatable bonds is 2. The van der Waals surface area contributed by atoms with Crippen molar-refractivity contribution < 1.29 is 13.7 Å². The van der Waals surface area contributed by atoms with Gasteiger partial charge in [-0.2, -0.15) is 0 Å². The van der Waals surface area contributed by atoms with E-state index in [1.165, 1.54) is 6.07 Å². The number of nitro benzene ring substituents is 1. The van der Waals surface area contributed by atoms with Crippen LogP contribution >= 0.6 is 0 Å². The molecular weight excluding hydrogens is 192 g/mol. The Kier molecular flexibility index (Phi) is 2.78. The van der Waals surface area contributed by atoms with Gasteiger partial charge in [0.2, 0.25) is 0 Å². The van der Waals surface area contributed by atoms with E-state index in [-0.39, 0.29) is 0 Å². The van der Waals surface area contributed by atoms with Crippen molar-refractivity contribution in [1.29, 1.82) is 0 Å². The van der Waals surface area contributed by atoms with E-state index in [1.807, 2.05) is 0 Å². The molecule has 5 heteroatoms. The third-order valence-electron chi connectivity index (χ3n) is 2.07. The maximum absolute atomic E-state index is 12.4. The average molecular weight is 201 g/mol. The number of hydrogen-bond donors (Lipinski definition) is 0. The highest BCUT2D eigenvalue weighted by molar-refractivity contribution is 5.47. The van der Waals surface area contributed by atoms with Crippen LogP contribution in [0.1, 0.15) is 23.1 Å². The standard InChI is InChI=1S/C9H9F2NO2/c1-5-3-7(9(10)11)8(12(13)14)4-6(5)2/h3-4,9H,1-2H3. The lowest BCUT2D eigenvalue weighted by molar-refractivity contribution is -0.386. The van der Waals surface area contributed by atoms with Gasteiger partial charge in [0, 0.05) is 6.07 Å². The zero-order valence-corrected chi connectivity index (χ0v) is 7.75. The van der Waals surface area contributed by atoms with Gasteiger partial charge in [0.15, 0.2) is 0 Å². The van der Waals surface area contributed by atoms with Crippen LogP contribution in [0.5, 0.6) is 0 Å². The maximum atomic E-state index is 12.4. The predicted molar refractivity (Wildman–Crippen MR) is 47.5 cm³/mol. The van der Waals surface area contributed by atoms with Crippen LogP contribution in [-0.2, 0) is 0 Å². The molecule has 76 valence electrons.